The highest BCUT2D eigenvalue weighted by Gasteiger charge is 2.46. The quantitative estimate of drug-likeness (QED) is 0.402. The summed E-state index contributed by atoms with van der Waals surface area (Å²) in [6.07, 6.45) is -7.34. The number of aromatic hydroxyl groups is 2. The topological polar surface area (TPSA) is 163 Å². The van der Waals surface area contributed by atoms with E-state index in [1.165, 1.54) is 24.3 Å². The number of rotatable bonds is 2. The monoisotopic (exact) mass is 403 g/mol. The van der Waals surface area contributed by atoms with Crippen molar-refractivity contribution in [3.8, 4) is 17.2 Å². The van der Waals surface area contributed by atoms with E-state index in [9.17, 15) is 30.3 Å². The molecule has 0 saturated carbocycles. The number of hydrogen-bond donors (Lipinski definition) is 6. The van der Waals surface area contributed by atoms with Gasteiger partial charge in [-0.05, 0) is 29.8 Å². The van der Waals surface area contributed by atoms with Gasteiger partial charge in [0.15, 0.2) is 5.78 Å². The predicted octanol–water partition coefficient (Wildman–Crippen LogP) is -0.104. The molecule has 0 aliphatic carbocycles. The van der Waals surface area contributed by atoms with Crippen LogP contribution >= 0.6 is 0 Å². The van der Waals surface area contributed by atoms with Crippen LogP contribution in [0.5, 0.6) is 17.2 Å². The van der Waals surface area contributed by atoms with E-state index in [0.29, 0.717) is 5.56 Å². The lowest BCUT2D eigenvalue weighted by atomic mass is 9.85. The summed E-state index contributed by atoms with van der Waals surface area (Å²) in [6, 6.07) is 8.87. The molecule has 0 spiro atoms. The molecule has 0 radical (unpaired) electrons. The number of carbonyl (C=O) groups excluding carboxylic acids is 1. The third kappa shape index (κ3) is 3.22. The lowest BCUT2D eigenvalue weighted by Gasteiger charge is -2.40. The molecule has 1 saturated heterocycles. The zero-order valence-electron chi connectivity index (χ0n) is 15.2. The Hall–Kier alpha value is -2.69. The molecule has 2 heterocycles. The highest BCUT2D eigenvalue weighted by molar-refractivity contribution is 6.04. The summed E-state index contributed by atoms with van der Waals surface area (Å²) < 4.78 is 11.2. The van der Waals surface area contributed by atoms with Gasteiger partial charge in [-0.15, -0.1) is 0 Å². The Morgan fingerprint density at radius 1 is 0.931 bits per heavy atom. The van der Waals surface area contributed by atoms with Crippen molar-refractivity contribution in [3.63, 3.8) is 0 Å². The van der Waals surface area contributed by atoms with Gasteiger partial charge in [-0.25, -0.2) is 0 Å². The van der Waals surface area contributed by atoms with Crippen molar-refractivity contribution in [2.75, 3.05) is 6.61 Å². The van der Waals surface area contributed by atoms with E-state index in [2.05, 4.69) is 0 Å². The van der Waals surface area contributed by atoms with Gasteiger partial charge in [0.05, 0.1) is 17.0 Å². The Morgan fingerprint density at radius 3 is 2.31 bits per heavy atom. The number of ether oxygens (including phenoxy) is 2. The fourth-order valence-corrected chi connectivity index (χ4v) is 3.74. The first-order valence-corrected chi connectivity index (χ1v) is 9.06. The van der Waals surface area contributed by atoms with Crippen molar-refractivity contribution in [2.45, 2.75) is 36.6 Å². The standard InChI is InChI=1S/C20H21NO8/c21-20-17(27)15(25)16(26)19(29-20)13-12(23)6-5-10-14(24)11(7-28-18(10)13)8-1-3-9(22)4-2-8/h1-6,11,15-17,19-20,22-23,25-27H,7,21H2. The van der Waals surface area contributed by atoms with Crippen LogP contribution in [0.2, 0.25) is 0 Å². The second kappa shape index (κ2) is 7.29. The average molecular weight is 403 g/mol. The number of aliphatic hydroxyl groups excluding tert-OH is 3. The molecule has 9 nitrogen and oxygen atoms in total. The van der Waals surface area contributed by atoms with Crippen LogP contribution < -0.4 is 10.5 Å². The van der Waals surface area contributed by atoms with E-state index in [-0.39, 0.29) is 40.8 Å². The molecule has 0 amide bonds. The number of phenols is 2. The van der Waals surface area contributed by atoms with Crippen LogP contribution in [0.15, 0.2) is 36.4 Å². The van der Waals surface area contributed by atoms with Crippen molar-refractivity contribution in [1.82, 2.24) is 0 Å². The number of ketones is 1. The highest BCUT2D eigenvalue weighted by atomic mass is 16.5. The fraction of sp³-hybridized carbons (Fsp3) is 0.350. The van der Waals surface area contributed by atoms with Crippen LogP contribution in [0.1, 0.15) is 33.5 Å². The maximum Gasteiger partial charge on any atom is 0.177 e. The number of fused-ring (bicyclic) bond motifs is 1. The fourth-order valence-electron chi connectivity index (χ4n) is 3.74. The van der Waals surface area contributed by atoms with Crippen LogP contribution in [0.3, 0.4) is 0 Å². The van der Waals surface area contributed by atoms with Gasteiger partial charge in [0.2, 0.25) is 0 Å². The third-order valence-electron chi connectivity index (χ3n) is 5.38. The Morgan fingerprint density at radius 2 is 1.62 bits per heavy atom. The van der Waals surface area contributed by atoms with Crippen LogP contribution in [-0.2, 0) is 4.74 Å². The van der Waals surface area contributed by atoms with Gasteiger partial charge in [-0.2, -0.15) is 0 Å². The summed E-state index contributed by atoms with van der Waals surface area (Å²) in [7, 11) is 0. The summed E-state index contributed by atoms with van der Waals surface area (Å²) in [5.74, 6) is -1.09. The number of carbonyl (C=O) groups is 1. The summed E-state index contributed by atoms with van der Waals surface area (Å²) in [6.45, 7) is -0.0346. The molecule has 1 fully saturated rings. The summed E-state index contributed by atoms with van der Waals surface area (Å²) in [5.41, 5.74) is 6.48. The van der Waals surface area contributed by atoms with Crippen LogP contribution in [-0.4, -0.2) is 62.5 Å². The molecule has 2 aliphatic heterocycles. The molecular weight excluding hydrogens is 382 g/mol. The smallest absolute Gasteiger partial charge is 0.177 e. The normalized spacial score (nSPS) is 31.8. The number of phenolic OH excluding ortho intramolecular Hbond substituents is 2. The number of benzene rings is 2. The van der Waals surface area contributed by atoms with Gasteiger partial charge < -0.3 is 40.7 Å². The van der Waals surface area contributed by atoms with Gasteiger partial charge in [0.1, 0.15) is 54.5 Å². The minimum Gasteiger partial charge on any atom is -0.508 e. The van der Waals surface area contributed by atoms with Crippen molar-refractivity contribution in [3.05, 3.63) is 53.1 Å². The zero-order chi connectivity index (χ0) is 20.9. The predicted molar refractivity (Wildman–Crippen MR) is 98.6 cm³/mol. The van der Waals surface area contributed by atoms with Crippen molar-refractivity contribution >= 4 is 5.78 Å². The minimum atomic E-state index is -1.61. The Bertz CT molecular complexity index is 931. The molecule has 9 heteroatoms. The lowest BCUT2D eigenvalue weighted by molar-refractivity contribution is -0.223. The Balaban J connectivity index is 1.73. The first-order chi connectivity index (χ1) is 13.8. The van der Waals surface area contributed by atoms with Crippen LogP contribution in [0.25, 0.3) is 0 Å². The molecule has 0 aromatic heterocycles. The van der Waals surface area contributed by atoms with E-state index in [1.807, 2.05) is 0 Å². The molecule has 29 heavy (non-hydrogen) atoms. The molecule has 6 unspecified atom stereocenters. The Kier molecular flexibility index (Phi) is 4.93. The number of nitrogens with two attached hydrogens (primary N) is 1. The van der Waals surface area contributed by atoms with Crippen LogP contribution in [0.4, 0.5) is 0 Å². The molecule has 2 aromatic rings. The second-order valence-corrected chi connectivity index (χ2v) is 7.19. The number of Topliss-reactive ketones (excluding diaryl/α,β-unsaturated/α-hetero) is 1. The molecule has 154 valence electrons. The molecule has 2 aliphatic rings. The van der Waals surface area contributed by atoms with Gasteiger partial charge >= 0.3 is 0 Å². The lowest BCUT2D eigenvalue weighted by Crippen LogP contribution is -2.57. The Labute approximate surface area is 165 Å². The molecule has 7 N–H and O–H groups in total. The number of aliphatic hydroxyl groups is 3. The van der Waals surface area contributed by atoms with Gasteiger partial charge in [0, 0.05) is 0 Å². The molecule has 6 atom stereocenters. The largest absolute Gasteiger partial charge is 0.508 e. The molecule has 4 rings (SSSR count). The van der Waals surface area contributed by atoms with E-state index in [0.717, 1.165) is 0 Å². The average Bonchev–Trinajstić information content (AvgIpc) is 2.70. The van der Waals surface area contributed by atoms with E-state index >= 15 is 0 Å². The van der Waals surface area contributed by atoms with Gasteiger partial charge in [-0.1, -0.05) is 12.1 Å². The van der Waals surface area contributed by atoms with Crippen molar-refractivity contribution < 1.29 is 39.8 Å². The van der Waals surface area contributed by atoms with Gasteiger partial charge in [0.25, 0.3) is 0 Å². The summed E-state index contributed by atoms with van der Waals surface area (Å²) >= 11 is 0. The molecule has 0 bridgehead atoms. The van der Waals surface area contributed by atoms with Crippen molar-refractivity contribution in [2.24, 2.45) is 5.73 Å². The summed E-state index contributed by atoms with van der Waals surface area (Å²) in [4.78, 5) is 13.1. The first kappa shape index (κ1) is 19.6. The minimum absolute atomic E-state index is 0.0195. The SMILES string of the molecule is NC1OC(c2c(O)ccc3c2OCC(c2ccc(O)cc2)C3=O)C(O)C(O)C1O. The highest BCUT2D eigenvalue weighted by Crippen LogP contribution is 2.45. The second-order valence-electron chi connectivity index (χ2n) is 7.19. The van der Waals surface area contributed by atoms with E-state index in [1.54, 1.807) is 12.1 Å². The molecular formula is C20H21NO8. The third-order valence-corrected chi connectivity index (χ3v) is 5.38. The van der Waals surface area contributed by atoms with Crippen LogP contribution in [0, 0.1) is 0 Å². The zero-order valence-corrected chi connectivity index (χ0v) is 15.2. The maximum atomic E-state index is 13.1. The van der Waals surface area contributed by atoms with E-state index < -0.39 is 36.6 Å². The van der Waals surface area contributed by atoms with E-state index in [4.69, 9.17) is 15.2 Å². The first-order valence-electron chi connectivity index (χ1n) is 9.06. The molecule has 2 aromatic carbocycles. The maximum absolute atomic E-state index is 13.1. The summed E-state index contributed by atoms with van der Waals surface area (Å²) in [5, 5.41) is 50.0. The van der Waals surface area contributed by atoms with Crippen molar-refractivity contribution in [1.29, 1.82) is 0 Å². The van der Waals surface area contributed by atoms with Gasteiger partial charge in [-0.3, -0.25) is 4.79 Å². The number of hydrogen-bond acceptors (Lipinski definition) is 9.